The molecule has 3 aromatic carbocycles. The van der Waals surface area contributed by atoms with E-state index in [0.717, 1.165) is 65.6 Å². The fraction of sp³-hybridized carbons (Fsp3) is 0.286. The van der Waals surface area contributed by atoms with Crippen molar-refractivity contribution in [3.05, 3.63) is 72.1 Å². The number of piperidine rings is 1. The number of hydrogen-bond acceptors (Lipinski definition) is 4. The van der Waals surface area contributed by atoms with E-state index in [1.54, 1.807) is 6.07 Å². The molecule has 3 N–H and O–H groups in total. The minimum absolute atomic E-state index is 0.205. The van der Waals surface area contributed by atoms with Crippen LogP contribution in [0, 0.1) is 12.8 Å². The first kappa shape index (κ1) is 22.2. The Morgan fingerprint density at radius 1 is 0.971 bits per heavy atom. The van der Waals surface area contributed by atoms with E-state index in [1.807, 2.05) is 37.3 Å². The molecule has 0 spiro atoms. The first-order valence-electron chi connectivity index (χ1n) is 11.8. The van der Waals surface area contributed by atoms with Crippen molar-refractivity contribution in [2.45, 2.75) is 26.2 Å². The maximum atomic E-state index is 11.8. The van der Waals surface area contributed by atoms with Crippen LogP contribution < -0.4 is 10.1 Å². The molecule has 6 heteroatoms. The highest BCUT2D eigenvalue weighted by Crippen LogP contribution is 2.30. The van der Waals surface area contributed by atoms with E-state index < -0.39 is 5.97 Å². The van der Waals surface area contributed by atoms with E-state index in [-0.39, 0.29) is 5.56 Å². The molecule has 34 heavy (non-hydrogen) atoms. The minimum atomic E-state index is -0.979. The smallest absolute Gasteiger partial charge is 0.337 e. The molecule has 1 fully saturated rings. The van der Waals surface area contributed by atoms with E-state index in [1.165, 1.54) is 12.8 Å². The van der Waals surface area contributed by atoms with Crippen LogP contribution in [0.4, 0.5) is 0 Å². The lowest BCUT2D eigenvalue weighted by atomic mass is 9.95. The van der Waals surface area contributed by atoms with Gasteiger partial charge in [0.15, 0.2) is 0 Å². The standard InChI is InChI=1S/C28H29N3O3/c1-18-30-26-17-23(16-25(28(32)33)27(26)31-18)22-4-2-20(3-5-22)21-6-8-24(9-7-21)34-15-12-19-10-13-29-14-11-19/h2-9,16-17,19,29H,10-15H2,1H3,(H,30,31)(H,32,33). The second-order valence-electron chi connectivity index (χ2n) is 8.98. The van der Waals surface area contributed by atoms with Crippen molar-refractivity contribution in [2.75, 3.05) is 19.7 Å². The van der Waals surface area contributed by atoms with Gasteiger partial charge < -0.3 is 20.1 Å². The molecule has 0 saturated carbocycles. The molecule has 0 amide bonds. The number of carboxylic acids is 1. The molecule has 1 aliphatic heterocycles. The van der Waals surface area contributed by atoms with Crippen LogP contribution in [0.25, 0.3) is 33.3 Å². The minimum Gasteiger partial charge on any atom is -0.494 e. The lowest BCUT2D eigenvalue weighted by molar-refractivity contribution is 0.0699. The summed E-state index contributed by atoms with van der Waals surface area (Å²) >= 11 is 0. The number of aromatic amines is 1. The molecule has 174 valence electrons. The first-order chi connectivity index (χ1) is 16.6. The van der Waals surface area contributed by atoms with Gasteiger partial charge in [-0.2, -0.15) is 0 Å². The maximum Gasteiger partial charge on any atom is 0.337 e. The van der Waals surface area contributed by atoms with E-state index in [2.05, 4.69) is 39.6 Å². The average molecular weight is 456 g/mol. The molecule has 6 nitrogen and oxygen atoms in total. The molecule has 5 rings (SSSR count). The molecular formula is C28H29N3O3. The molecule has 2 heterocycles. The highest BCUT2D eigenvalue weighted by molar-refractivity contribution is 6.03. The van der Waals surface area contributed by atoms with Crippen molar-refractivity contribution >= 4 is 17.0 Å². The number of H-pyrrole nitrogens is 1. The predicted molar refractivity (Wildman–Crippen MR) is 134 cm³/mol. The number of aromatic carboxylic acids is 1. The molecule has 0 bridgehead atoms. The van der Waals surface area contributed by atoms with Crippen molar-refractivity contribution in [1.29, 1.82) is 0 Å². The Morgan fingerprint density at radius 2 is 1.59 bits per heavy atom. The number of nitrogens with zero attached hydrogens (tertiary/aromatic N) is 1. The van der Waals surface area contributed by atoms with Crippen molar-refractivity contribution in [1.82, 2.24) is 15.3 Å². The van der Waals surface area contributed by atoms with Gasteiger partial charge in [-0.1, -0.05) is 36.4 Å². The molecule has 1 saturated heterocycles. The van der Waals surface area contributed by atoms with Crippen molar-refractivity contribution < 1.29 is 14.6 Å². The SMILES string of the molecule is Cc1nc2c(C(=O)O)cc(-c3ccc(-c4ccc(OCCC5CCNCC5)cc4)cc3)cc2[nH]1. The summed E-state index contributed by atoms with van der Waals surface area (Å²) in [6, 6.07) is 20.0. The number of aromatic nitrogens is 2. The molecule has 0 radical (unpaired) electrons. The predicted octanol–water partition coefficient (Wildman–Crippen LogP) is 5.67. The number of carboxylic acid groups (broad SMARTS) is 1. The average Bonchev–Trinajstić information content (AvgIpc) is 3.24. The van der Waals surface area contributed by atoms with Gasteiger partial charge in [-0.3, -0.25) is 0 Å². The van der Waals surface area contributed by atoms with Gasteiger partial charge in [-0.25, -0.2) is 9.78 Å². The van der Waals surface area contributed by atoms with Gasteiger partial charge in [0.05, 0.1) is 17.7 Å². The summed E-state index contributed by atoms with van der Waals surface area (Å²) in [5.41, 5.74) is 5.44. The number of aryl methyl sites for hydroxylation is 1. The van der Waals surface area contributed by atoms with Crippen molar-refractivity contribution in [3.8, 4) is 28.0 Å². The number of carbonyl (C=O) groups is 1. The summed E-state index contributed by atoms with van der Waals surface area (Å²) in [7, 11) is 0. The van der Waals surface area contributed by atoms with Gasteiger partial charge in [0.25, 0.3) is 0 Å². The van der Waals surface area contributed by atoms with Crippen LogP contribution in [-0.4, -0.2) is 40.7 Å². The van der Waals surface area contributed by atoms with Crippen LogP contribution in [0.1, 0.15) is 35.4 Å². The zero-order valence-electron chi connectivity index (χ0n) is 19.3. The number of imidazole rings is 1. The van der Waals surface area contributed by atoms with Crippen LogP contribution in [0.5, 0.6) is 5.75 Å². The van der Waals surface area contributed by atoms with Gasteiger partial charge in [0.1, 0.15) is 17.1 Å². The highest BCUT2D eigenvalue weighted by Gasteiger charge is 2.15. The zero-order chi connectivity index (χ0) is 23.5. The van der Waals surface area contributed by atoms with Crippen molar-refractivity contribution in [2.24, 2.45) is 5.92 Å². The number of hydrogen-bond donors (Lipinski definition) is 3. The quantitative estimate of drug-likeness (QED) is 0.334. The summed E-state index contributed by atoms with van der Waals surface area (Å²) < 4.78 is 5.97. The monoisotopic (exact) mass is 455 g/mol. The summed E-state index contributed by atoms with van der Waals surface area (Å²) in [4.78, 5) is 19.2. The van der Waals surface area contributed by atoms with Crippen LogP contribution >= 0.6 is 0 Å². The van der Waals surface area contributed by atoms with E-state index in [0.29, 0.717) is 11.3 Å². The Morgan fingerprint density at radius 3 is 2.24 bits per heavy atom. The first-order valence-corrected chi connectivity index (χ1v) is 11.8. The maximum absolute atomic E-state index is 11.8. The fourth-order valence-electron chi connectivity index (χ4n) is 4.68. The lowest BCUT2D eigenvalue weighted by Crippen LogP contribution is -2.28. The van der Waals surface area contributed by atoms with Gasteiger partial charge in [-0.15, -0.1) is 0 Å². The third kappa shape index (κ3) is 4.82. The zero-order valence-corrected chi connectivity index (χ0v) is 19.3. The molecule has 1 aliphatic rings. The summed E-state index contributed by atoms with van der Waals surface area (Å²) in [6.07, 6.45) is 3.59. The Kier molecular flexibility index (Phi) is 6.32. The molecule has 1 aromatic heterocycles. The van der Waals surface area contributed by atoms with E-state index >= 15 is 0 Å². The molecular weight excluding hydrogens is 426 g/mol. The largest absolute Gasteiger partial charge is 0.494 e. The second kappa shape index (κ2) is 9.69. The molecule has 4 aromatic rings. The van der Waals surface area contributed by atoms with Crippen LogP contribution in [0.3, 0.4) is 0 Å². The van der Waals surface area contributed by atoms with Crippen LogP contribution in [-0.2, 0) is 0 Å². The summed E-state index contributed by atoms with van der Waals surface area (Å²) in [5.74, 6) is 1.39. The molecule has 0 unspecified atom stereocenters. The second-order valence-corrected chi connectivity index (χ2v) is 8.98. The Labute approximate surface area is 199 Å². The third-order valence-corrected chi connectivity index (χ3v) is 6.59. The van der Waals surface area contributed by atoms with Crippen LogP contribution in [0.2, 0.25) is 0 Å². The van der Waals surface area contributed by atoms with Gasteiger partial charge >= 0.3 is 5.97 Å². The molecule has 0 aliphatic carbocycles. The number of nitrogens with one attached hydrogen (secondary N) is 2. The highest BCUT2D eigenvalue weighted by atomic mass is 16.5. The number of fused-ring (bicyclic) bond motifs is 1. The van der Waals surface area contributed by atoms with Crippen molar-refractivity contribution in [3.63, 3.8) is 0 Å². The number of rotatable bonds is 7. The van der Waals surface area contributed by atoms with Gasteiger partial charge in [0.2, 0.25) is 0 Å². The number of ether oxygens (including phenoxy) is 1. The Bertz CT molecular complexity index is 1290. The number of benzene rings is 3. The van der Waals surface area contributed by atoms with E-state index in [4.69, 9.17) is 4.74 Å². The van der Waals surface area contributed by atoms with Crippen LogP contribution in [0.15, 0.2) is 60.7 Å². The Hall–Kier alpha value is -3.64. The summed E-state index contributed by atoms with van der Waals surface area (Å²) in [6.45, 7) is 4.83. The van der Waals surface area contributed by atoms with Gasteiger partial charge in [0, 0.05) is 0 Å². The third-order valence-electron chi connectivity index (χ3n) is 6.59. The fourth-order valence-corrected chi connectivity index (χ4v) is 4.68. The summed E-state index contributed by atoms with van der Waals surface area (Å²) in [5, 5.41) is 13.0. The lowest BCUT2D eigenvalue weighted by Gasteiger charge is -2.22. The topological polar surface area (TPSA) is 87.2 Å². The normalized spacial score (nSPS) is 14.4. The van der Waals surface area contributed by atoms with Gasteiger partial charge in [-0.05, 0) is 91.7 Å². The van der Waals surface area contributed by atoms with E-state index in [9.17, 15) is 9.90 Å². The Balaban J connectivity index is 1.28. The molecule has 0 atom stereocenters.